The zero-order chi connectivity index (χ0) is 20.7. The minimum Gasteiger partial charge on any atom is -0.385 e. The fourth-order valence-electron chi connectivity index (χ4n) is 2.81. The van der Waals surface area contributed by atoms with Crippen LogP contribution >= 0.6 is 0 Å². The Morgan fingerprint density at radius 2 is 1.71 bits per heavy atom. The lowest BCUT2D eigenvalue weighted by Crippen LogP contribution is -2.31. The number of nitrogens with one attached hydrogen (secondary N) is 2. The molecule has 2 rings (SSSR count). The molecule has 0 fully saturated rings. The molecule has 7 heteroatoms. The monoisotopic (exact) mass is 404 g/mol. The molecule has 0 bridgehead atoms. The van der Waals surface area contributed by atoms with Gasteiger partial charge in [-0.3, -0.25) is 4.79 Å². The van der Waals surface area contributed by atoms with E-state index in [1.807, 2.05) is 19.9 Å². The van der Waals surface area contributed by atoms with Crippen LogP contribution in [0.4, 0.5) is 5.69 Å². The van der Waals surface area contributed by atoms with Gasteiger partial charge >= 0.3 is 0 Å². The number of carbonyl (C=O) groups excluding carboxylic acids is 1. The molecule has 6 nitrogen and oxygen atoms in total. The average molecular weight is 405 g/mol. The number of anilines is 1. The predicted octanol–water partition coefficient (Wildman–Crippen LogP) is 3.01. The molecule has 0 atom stereocenters. The number of rotatable bonds is 9. The molecular formula is C21H28N2O4S. The first-order valence-electron chi connectivity index (χ1n) is 9.18. The molecule has 152 valence electrons. The standard InChI is InChI=1S/C21H28N2O4S/c1-15-6-8-18(9-7-15)28(25,26)20-13-16(2)12-19(17(20)3)23-14-21(24)22-10-5-11-27-4/h6-9,12-13,23H,5,10-11,14H2,1-4H3,(H,22,24). The van der Waals surface area contributed by atoms with Crippen molar-refractivity contribution in [1.29, 1.82) is 0 Å². The summed E-state index contributed by atoms with van der Waals surface area (Å²) in [4.78, 5) is 12.5. The molecule has 0 saturated carbocycles. The van der Waals surface area contributed by atoms with E-state index in [0.29, 0.717) is 24.4 Å². The molecule has 2 aromatic carbocycles. The van der Waals surface area contributed by atoms with Crippen molar-refractivity contribution in [2.45, 2.75) is 37.0 Å². The fourth-order valence-corrected chi connectivity index (χ4v) is 4.42. The molecular weight excluding hydrogens is 376 g/mol. The van der Waals surface area contributed by atoms with Crippen molar-refractivity contribution in [3.05, 3.63) is 53.1 Å². The average Bonchev–Trinajstić information content (AvgIpc) is 2.66. The van der Waals surface area contributed by atoms with Gasteiger partial charge in [-0.05, 0) is 62.6 Å². The number of methoxy groups -OCH3 is 1. The highest BCUT2D eigenvalue weighted by atomic mass is 32.2. The molecule has 0 saturated heterocycles. The molecule has 0 aliphatic heterocycles. The van der Waals surface area contributed by atoms with Crippen LogP contribution < -0.4 is 10.6 Å². The summed E-state index contributed by atoms with van der Waals surface area (Å²) in [6.07, 6.45) is 0.741. The van der Waals surface area contributed by atoms with E-state index in [-0.39, 0.29) is 22.2 Å². The first-order chi connectivity index (χ1) is 13.3. The third-order valence-electron chi connectivity index (χ3n) is 4.41. The van der Waals surface area contributed by atoms with E-state index in [1.165, 1.54) is 0 Å². The Morgan fingerprint density at radius 1 is 1.04 bits per heavy atom. The zero-order valence-electron chi connectivity index (χ0n) is 16.8. The Morgan fingerprint density at radius 3 is 2.36 bits per heavy atom. The van der Waals surface area contributed by atoms with Crippen molar-refractivity contribution in [2.24, 2.45) is 0 Å². The molecule has 0 aliphatic rings. The van der Waals surface area contributed by atoms with E-state index < -0.39 is 9.84 Å². The number of carbonyl (C=O) groups is 1. The van der Waals surface area contributed by atoms with E-state index in [0.717, 1.165) is 17.5 Å². The van der Waals surface area contributed by atoms with Gasteiger partial charge < -0.3 is 15.4 Å². The normalized spacial score (nSPS) is 11.3. The van der Waals surface area contributed by atoms with Crippen LogP contribution in [0.5, 0.6) is 0 Å². The lowest BCUT2D eigenvalue weighted by atomic mass is 10.1. The van der Waals surface area contributed by atoms with Crippen molar-refractivity contribution < 1.29 is 17.9 Å². The summed E-state index contributed by atoms with van der Waals surface area (Å²) >= 11 is 0. The van der Waals surface area contributed by atoms with Crippen LogP contribution in [0.15, 0.2) is 46.2 Å². The van der Waals surface area contributed by atoms with E-state index in [2.05, 4.69) is 10.6 Å². The second-order valence-corrected chi connectivity index (χ2v) is 8.72. The highest BCUT2D eigenvalue weighted by Crippen LogP contribution is 2.30. The summed E-state index contributed by atoms with van der Waals surface area (Å²) in [5.74, 6) is -0.153. The first-order valence-corrected chi connectivity index (χ1v) is 10.7. The Balaban J connectivity index is 2.19. The Bertz CT molecular complexity index is 922. The number of amides is 1. The van der Waals surface area contributed by atoms with Gasteiger partial charge in [0.2, 0.25) is 15.7 Å². The van der Waals surface area contributed by atoms with Crippen LogP contribution in [0.3, 0.4) is 0 Å². The maximum absolute atomic E-state index is 13.1. The third-order valence-corrected chi connectivity index (χ3v) is 6.31. The van der Waals surface area contributed by atoms with Crippen LogP contribution in [0.1, 0.15) is 23.1 Å². The lowest BCUT2D eigenvalue weighted by Gasteiger charge is -2.15. The molecule has 0 spiro atoms. The van der Waals surface area contributed by atoms with Gasteiger partial charge in [0.25, 0.3) is 0 Å². The van der Waals surface area contributed by atoms with E-state index in [1.54, 1.807) is 44.4 Å². The highest BCUT2D eigenvalue weighted by molar-refractivity contribution is 7.91. The number of sulfone groups is 1. The summed E-state index contributed by atoms with van der Waals surface area (Å²) in [7, 11) is -2.03. The Hall–Kier alpha value is -2.38. The molecule has 1 amide bonds. The minimum absolute atomic E-state index is 0.0707. The number of hydrogen-bond acceptors (Lipinski definition) is 5. The predicted molar refractivity (Wildman–Crippen MR) is 111 cm³/mol. The number of ether oxygens (including phenoxy) is 1. The fraction of sp³-hybridized carbons (Fsp3) is 0.381. The summed E-state index contributed by atoms with van der Waals surface area (Å²) < 4.78 is 31.1. The topological polar surface area (TPSA) is 84.5 Å². The van der Waals surface area contributed by atoms with Crippen molar-refractivity contribution in [3.8, 4) is 0 Å². The van der Waals surface area contributed by atoms with Crippen LogP contribution in [0.2, 0.25) is 0 Å². The van der Waals surface area contributed by atoms with Gasteiger partial charge in [0.15, 0.2) is 0 Å². The van der Waals surface area contributed by atoms with Gasteiger partial charge in [0.05, 0.1) is 16.3 Å². The van der Waals surface area contributed by atoms with Gasteiger partial charge in [0.1, 0.15) is 0 Å². The van der Waals surface area contributed by atoms with Gasteiger partial charge in [-0.15, -0.1) is 0 Å². The van der Waals surface area contributed by atoms with E-state index in [4.69, 9.17) is 4.74 Å². The quantitative estimate of drug-likeness (QED) is 0.628. The van der Waals surface area contributed by atoms with E-state index >= 15 is 0 Å². The molecule has 2 N–H and O–H groups in total. The van der Waals surface area contributed by atoms with Crippen LogP contribution in [-0.4, -0.2) is 41.1 Å². The third kappa shape index (κ3) is 5.56. The van der Waals surface area contributed by atoms with Crippen molar-refractivity contribution >= 4 is 21.4 Å². The molecule has 0 unspecified atom stereocenters. The van der Waals surface area contributed by atoms with Gasteiger partial charge in [-0.25, -0.2) is 8.42 Å². The molecule has 0 heterocycles. The van der Waals surface area contributed by atoms with Crippen LogP contribution in [0, 0.1) is 20.8 Å². The van der Waals surface area contributed by atoms with Crippen LogP contribution in [-0.2, 0) is 19.4 Å². The minimum atomic E-state index is -3.64. The molecule has 0 aliphatic carbocycles. The van der Waals surface area contributed by atoms with Crippen molar-refractivity contribution in [3.63, 3.8) is 0 Å². The number of aryl methyl sites for hydroxylation is 2. The number of hydrogen-bond donors (Lipinski definition) is 2. The van der Waals surface area contributed by atoms with Gasteiger partial charge in [0, 0.05) is 25.9 Å². The summed E-state index contributed by atoms with van der Waals surface area (Å²) in [6, 6.07) is 10.3. The van der Waals surface area contributed by atoms with Crippen molar-refractivity contribution in [2.75, 3.05) is 32.1 Å². The highest BCUT2D eigenvalue weighted by Gasteiger charge is 2.22. The maximum Gasteiger partial charge on any atom is 0.239 e. The van der Waals surface area contributed by atoms with Crippen LogP contribution in [0.25, 0.3) is 0 Å². The Labute approximate surface area is 167 Å². The second-order valence-electron chi connectivity index (χ2n) is 6.80. The largest absolute Gasteiger partial charge is 0.385 e. The van der Waals surface area contributed by atoms with Gasteiger partial charge in [-0.2, -0.15) is 0 Å². The first kappa shape index (κ1) is 21.9. The van der Waals surface area contributed by atoms with Crippen molar-refractivity contribution in [1.82, 2.24) is 5.32 Å². The summed E-state index contributed by atoms with van der Waals surface area (Å²) in [5.41, 5.74) is 3.04. The lowest BCUT2D eigenvalue weighted by molar-refractivity contribution is -0.119. The molecule has 28 heavy (non-hydrogen) atoms. The summed E-state index contributed by atoms with van der Waals surface area (Å²) in [6.45, 7) is 6.69. The molecule has 0 radical (unpaired) electrons. The Kier molecular flexibility index (Phi) is 7.60. The molecule has 2 aromatic rings. The van der Waals surface area contributed by atoms with E-state index in [9.17, 15) is 13.2 Å². The van der Waals surface area contributed by atoms with Gasteiger partial charge in [-0.1, -0.05) is 17.7 Å². The maximum atomic E-state index is 13.1. The number of benzene rings is 2. The zero-order valence-corrected chi connectivity index (χ0v) is 17.7. The molecule has 0 aromatic heterocycles. The SMILES string of the molecule is COCCCNC(=O)CNc1cc(C)cc(S(=O)(=O)c2ccc(C)cc2)c1C. The second kappa shape index (κ2) is 9.71. The summed E-state index contributed by atoms with van der Waals surface area (Å²) in [5, 5.41) is 5.86. The smallest absolute Gasteiger partial charge is 0.239 e.